The Bertz CT molecular complexity index is 907. The lowest BCUT2D eigenvalue weighted by molar-refractivity contribution is -0.160. The van der Waals surface area contributed by atoms with Crippen molar-refractivity contribution in [3.63, 3.8) is 0 Å². The van der Waals surface area contributed by atoms with E-state index in [2.05, 4.69) is 46.7 Å². The van der Waals surface area contributed by atoms with Gasteiger partial charge in [-0.25, -0.2) is 4.79 Å². The molecule has 0 heterocycles. The molecule has 8 nitrogen and oxygen atoms in total. The minimum Gasteiger partial charge on any atom is -0.466 e. The fourth-order valence-electron chi connectivity index (χ4n) is 8.53. The SMILES string of the molecule is CCCCCC(CCCCC)CCOC(=O)CCCCCCCC(CCCCCCCC(=O)OCCC(CCCCC)CCCCC)OC(=O)COC1CC(N(C)C)C1. The Labute approximate surface area is 365 Å². The zero-order valence-electron chi connectivity index (χ0n) is 39.9. The van der Waals surface area contributed by atoms with Gasteiger partial charge in [-0.05, 0) is 90.1 Å². The first-order chi connectivity index (χ1) is 28.7. The van der Waals surface area contributed by atoms with Gasteiger partial charge in [0.05, 0.1) is 19.3 Å². The highest BCUT2D eigenvalue weighted by Gasteiger charge is 2.32. The quantitative estimate of drug-likeness (QED) is 0.0341. The lowest BCUT2D eigenvalue weighted by atomic mass is 9.88. The third-order valence-electron chi connectivity index (χ3n) is 12.8. The van der Waals surface area contributed by atoms with Crippen molar-refractivity contribution < 1.29 is 33.3 Å². The molecule has 1 aliphatic carbocycles. The Morgan fingerprint density at radius 2 is 0.847 bits per heavy atom. The average Bonchev–Trinajstić information content (AvgIpc) is 3.19. The van der Waals surface area contributed by atoms with E-state index < -0.39 is 0 Å². The van der Waals surface area contributed by atoms with Crippen LogP contribution >= 0.6 is 0 Å². The fraction of sp³-hybridized carbons (Fsp3) is 0.941. The Morgan fingerprint density at radius 3 is 1.24 bits per heavy atom. The van der Waals surface area contributed by atoms with Gasteiger partial charge >= 0.3 is 17.9 Å². The largest absolute Gasteiger partial charge is 0.466 e. The van der Waals surface area contributed by atoms with Crippen molar-refractivity contribution in [2.24, 2.45) is 11.8 Å². The smallest absolute Gasteiger partial charge is 0.332 e. The molecule has 0 bridgehead atoms. The van der Waals surface area contributed by atoms with Gasteiger partial charge in [0.25, 0.3) is 0 Å². The Kier molecular flexibility index (Phi) is 36.8. The lowest BCUT2D eigenvalue weighted by Crippen LogP contribution is -2.45. The molecule has 1 fully saturated rings. The molecule has 0 N–H and O–H groups in total. The fourth-order valence-corrected chi connectivity index (χ4v) is 8.53. The summed E-state index contributed by atoms with van der Waals surface area (Å²) in [4.78, 5) is 39.9. The molecule has 0 spiro atoms. The minimum atomic E-state index is -0.248. The summed E-state index contributed by atoms with van der Waals surface area (Å²) < 4.78 is 23.2. The number of carbonyl (C=O) groups is 3. The van der Waals surface area contributed by atoms with Crippen molar-refractivity contribution in [1.82, 2.24) is 4.90 Å². The summed E-state index contributed by atoms with van der Waals surface area (Å²) in [7, 11) is 4.18. The number of rotatable bonds is 43. The third-order valence-corrected chi connectivity index (χ3v) is 12.8. The monoisotopic (exact) mass is 836 g/mol. The summed E-state index contributed by atoms with van der Waals surface area (Å²) in [6.07, 6.45) is 37.2. The summed E-state index contributed by atoms with van der Waals surface area (Å²) in [5.74, 6) is 1.03. The van der Waals surface area contributed by atoms with Crippen molar-refractivity contribution in [1.29, 1.82) is 0 Å². The van der Waals surface area contributed by atoms with E-state index in [1.807, 2.05) is 0 Å². The lowest BCUT2D eigenvalue weighted by Gasteiger charge is -2.39. The van der Waals surface area contributed by atoms with Crippen LogP contribution in [-0.4, -0.2) is 75.0 Å². The van der Waals surface area contributed by atoms with Crippen LogP contribution in [-0.2, 0) is 33.3 Å². The molecule has 348 valence electrons. The van der Waals surface area contributed by atoms with E-state index in [4.69, 9.17) is 18.9 Å². The second kappa shape index (κ2) is 39.2. The van der Waals surface area contributed by atoms with E-state index >= 15 is 0 Å². The number of esters is 3. The molecular formula is C51H97NO7. The molecule has 0 aromatic carbocycles. The van der Waals surface area contributed by atoms with Crippen LogP contribution in [0.4, 0.5) is 0 Å². The zero-order chi connectivity index (χ0) is 43.2. The molecule has 0 amide bonds. The van der Waals surface area contributed by atoms with E-state index in [1.54, 1.807) is 0 Å². The number of nitrogens with zero attached hydrogens (tertiary/aromatic N) is 1. The van der Waals surface area contributed by atoms with Crippen molar-refractivity contribution in [3.8, 4) is 0 Å². The van der Waals surface area contributed by atoms with E-state index in [1.165, 1.54) is 103 Å². The van der Waals surface area contributed by atoms with Crippen molar-refractivity contribution in [2.45, 2.75) is 264 Å². The van der Waals surface area contributed by atoms with Crippen molar-refractivity contribution >= 4 is 17.9 Å². The Morgan fingerprint density at radius 1 is 0.475 bits per heavy atom. The van der Waals surface area contributed by atoms with Crippen LogP contribution in [0.5, 0.6) is 0 Å². The van der Waals surface area contributed by atoms with Gasteiger partial charge < -0.3 is 23.8 Å². The van der Waals surface area contributed by atoms with Gasteiger partial charge in [0.2, 0.25) is 0 Å². The highest BCUT2D eigenvalue weighted by molar-refractivity contribution is 5.71. The van der Waals surface area contributed by atoms with E-state index in [0.717, 1.165) is 103 Å². The average molecular weight is 836 g/mol. The molecule has 1 aliphatic rings. The number of hydrogen-bond acceptors (Lipinski definition) is 8. The Hall–Kier alpha value is -1.67. The topological polar surface area (TPSA) is 91.4 Å². The zero-order valence-corrected chi connectivity index (χ0v) is 39.9. The van der Waals surface area contributed by atoms with Crippen LogP contribution in [0.1, 0.15) is 246 Å². The molecule has 59 heavy (non-hydrogen) atoms. The molecule has 0 aromatic rings. The molecule has 1 rings (SSSR count). The maximum absolute atomic E-state index is 12.8. The molecule has 0 unspecified atom stereocenters. The van der Waals surface area contributed by atoms with Gasteiger partial charge in [-0.2, -0.15) is 0 Å². The third kappa shape index (κ3) is 32.7. The van der Waals surface area contributed by atoms with Gasteiger partial charge in [-0.3, -0.25) is 9.59 Å². The summed E-state index contributed by atoms with van der Waals surface area (Å²) in [5.41, 5.74) is 0. The molecular weight excluding hydrogens is 739 g/mol. The first-order valence-corrected chi connectivity index (χ1v) is 25.5. The molecule has 0 aliphatic heterocycles. The van der Waals surface area contributed by atoms with Gasteiger partial charge in [0.1, 0.15) is 12.7 Å². The number of unbranched alkanes of at least 4 members (excludes halogenated alkanes) is 16. The number of ether oxygens (including phenoxy) is 4. The number of hydrogen-bond donors (Lipinski definition) is 0. The van der Waals surface area contributed by atoms with Crippen LogP contribution in [0.25, 0.3) is 0 Å². The molecule has 0 aromatic heterocycles. The first kappa shape index (κ1) is 55.3. The van der Waals surface area contributed by atoms with Crippen LogP contribution in [0.3, 0.4) is 0 Å². The molecule has 0 atom stereocenters. The normalized spacial score (nSPS) is 15.4. The summed E-state index contributed by atoms with van der Waals surface area (Å²) >= 11 is 0. The van der Waals surface area contributed by atoms with Crippen LogP contribution in [0, 0.1) is 11.8 Å². The predicted molar refractivity (Wildman–Crippen MR) is 246 cm³/mol. The number of carbonyl (C=O) groups excluding carboxylic acids is 3. The molecule has 1 saturated carbocycles. The van der Waals surface area contributed by atoms with E-state index in [9.17, 15) is 14.4 Å². The van der Waals surface area contributed by atoms with Gasteiger partial charge in [0, 0.05) is 18.9 Å². The van der Waals surface area contributed by atoms with Crippen LogP contribution in [0.2, 0.25) is 0 Å². The minimum absolute atomic E-state index is 0.0320. The summed E-state index contributed by atoms with van der Waals surface area (Å²) in [6.45, 7) is 10.2. The summed E-state index contributed by atoms with van der Waals surface area (Å²) in [6, 6.07) is 0.538. The molecule has 8 heteroatoms. The maximum Gasteiger partial charge on any atom is 0.332 e. The molecule has 0 radical (unpaired) electrons. The van der Waals surface area contributed by atoms with Gasteiger partial charge in [-0.15, -0.1) is 0 Å². The second-order valence-electron chi connectivity index (χ2n) is 18.5. The van der Waals surface area contributed by atoms with E-state index in [0.29, 0.717) is 43.9 Å². The van der Waals surface area contributed by atoms with Crippen LogP contribution in [0.15, 0.2) is 0 Å². The van der Waals surface area contributed by atoms with E-state index in [-0.39, 0.29) is 36.7 Å². The first-order valence-electron chi connectivity index (χ1n) is 25.5. The van der Waals surface area contributed by atoms with Gasteiger partial charge in [-0.1, -0.05) is 169 Å². The molecule has 0 saturated heterocycles. The summed E-state index contributed by atoms with van der Waals surface area (Å²) in [5, 5.41) is 0. The standard InChI is InChI=1S/C51H97NO7/c1-7-11-21-29-44(30-22-12-8-2)37-39-56-49(53)35-27-19-15-17-25-33-47(59-51(55)43-58-48-41-46(42-48)52(5)6)34-26-18-16-20-28-36-50(54)57-40-38-45(31-23-13-9-3)32-24-14-10-4/h44-48H,7-43H2,1-6H3. The second-order valence-corrected chi connectivity index (χ2v) is 18.5. The van der Waals surface area contributed by atoms with Crippen molar-refractivity contribution in [2.75, 3.05) is 33.9 Å². The predicted octanol–water partition coefficient (Wildman–Crippen LogP) is 13.9. The highest BCUT2D eigenvalue weighted by atomic mass is 16.6. The Balaban J connectivity index is 2.33. The maximum atomic E-state index is 12.8. The van der Waals surface area contributed by atoms with Crippen molar-refractivity contribution in [3.05, 3.63) is 0 Å². The highest BCUT2D eigenvalue weighted by Crippen LogP contribution is 2.27. The van der Waals surface area contributed by atoms with Crippen LogP contribution < -0.4 is 0 Å². The van der Waals surface area contributed by atoms with Gasteiger partial charge in [0.15, 0.2) is 0 Å².